The van der Waals surface area contributed by atoms with Crippen molar-refractivity contribution in [3.8, 4) is 5.75 Å². The van der Waals surface area contributed by atoms with Gasteiger partial charge in [-0.25, -0.2) is 0 Å². The number of rotatable bonds is 5. The first-order valence-electron chi connectivity index (χ1n) is 6.37. The van der Waals surface area contributed by atoms with Crippen molar-refractivity contribution in [3.05, 3.63) is 24.3 Å². The number of nitrogens with one attached hydrogen (secondary N) is 2. The van der Waals surface area contributed by atoms with E-state index in [1.807, 2.05) is 24.3 Å². The van der Waals surface area contributed by atoms with E-state index in [-0.39, 0.29) is 29.5 Å². The number of methoxy groups -OCH3 is 1. The molecule has 0 atom stereocenters. The van der Waals surface area contributed by atoms with Crippen molar-refractivity contribution in [3.63, 3.8) is 0 Å². The fourth-order valence-corrected chi connectivity index (χ4v) is 1.50. The van der Waals surface area contributed by atoms with Crippen LogP contribution in [0.4, 0.5) is 5.69 Å². The van der Waals surface area contributed by atoms with Gasteiger partial charge >= 0.3 is 0 Å². The maximum Gasteiger partial charge on any atom is 0.193 e. The van der Waals surface area contributed by atoms with Crippen molar-refractivity contribution >= 4 is 35.6 Å². The number of guanidine groups is 1. The molecule has 0 saturated carbocycles. The zero-order chi connectivity index (χ0) is 14.3. The third kappa shape index (κ3) is 8.21. The summed E-state index contributed by atoms with van der Waals surface area (Å²) in [5.74, 6) is 1.19. The Bertz CT molecular complexity index is 429. The average Bonchev–Trinajstić information content (AvgIpc) is 2.34. The molecule has 5 nitrogen and oxygen atoms in total. The zero-order valence-corrected chi connectivity index (χ0v) is 14.9. The molecule has 0 heterocycles. The predicted molar refractivity (Wildman–Crippen MR) is 96.3 cm³/mol. The first kappa shape index (κ1) is 19.0. The number of aliphatic imine (C=N–C) groups is 1. The lowest BCUT2D eigenvalue weighted by Crippen LogP contribution is -2.37. The lowest BCUT2D eigenvalue weighted by molar-refractivity contribution is 0.415. The number of nitrogens with zero attached hydrogens (tertiary/aromatic N) is 1. The third-order valence-electron chi connectivity index (χ3n) is 2.39. The number of anilines is 1. The maximum absolute atomic E-state index is 5.82. The number of halogens is 1. The second-order valence-corrected chi connectivity index (χ2v) is 5.30. The van der Waals surface area contributed by atoms with Crippen LogP contribution >= 0.6 is 24.0 Å². The van der Waals surface area contributed by atoms with Gasteiger partial charge in [0, 0.05) is 23.8 Å². The molecule has 0 aliphatic carbocycles. The van der Waals surface area contributed by atoms with Crippen molar-refractivity contribution in [1.29, 1.82) is 0 Å². The molecule has 0 amide bonds. The molecule has 0 aliphatic rings. The molecule has 114 valence electrons. The van der Waals surface area contributed by atoms with E-state index in [1.54, 1.807) is 7.11 Å². The highest BCUT2D eigenvalue weighted by molar-refractivity contribution is 14.0. The normalized spacial score (nSPS) is 11.7. The first-order chi connectivity index (χ1) is 8.90. The second-order valence-electron chi connectivity index (χ2n) is 5.30. The van der Waals surface area contributed by atoms with Gasteiger partial charge in [0.2, 0.25) is 0 Å². The quantitative estimate of drug-likeness (QED) is 0.312. The Labute approximate surface area is 138 Å². The van der Waals surface area contributed by atoms with Crippen LogP contribution in [0.2, 0.25) is 0 Å². The standard InChI is InChI=1S/C14H24N4O.HI/c1-14(2,3)17-9-8-16-13(15)18-11-6-5-7-12(10-11)19-4;/h5-7,10,17H,8-9H2,1-4H3,(H3,15,16,18);1H. The highest BCUT2D eigenvalue weighted by atomic mass is 127. The minimum Gasteiger partial charge on any atom is -0.497 e. The van der Waals surface area contributed by atoms with Crippen LogP contribution in [0, 0.1) is 0 Å². The van der Waals surface area contributed by atoms with Crippen molar-refractivity contribution in [2.75, 3.05) is 25.5 Å². The molecule has 1 aromatic carbocycles. The van der Waals surface area contributed by atoms with E-state index in [1.165, 1.54) is 0 Å². The van der Waals surface area contributed by atoms with Gasteiger partial charge in [-0.2, -0.15) is 0 Å². The summed E-state index contributed by atoms with van der Waals surface area (Å²) in [7, 11) is 1.63. The molecule has 4 N–H and O–H groups in total. The van der Waals surface area contributed by atoms with Gasteiger partial charge in [0.05, 0.1) is 13.7 Å². The Morgan fingerprint density at radius 1 is 1.35 bits per heavy atom. The predicted octanol–water partition coefficient (Wildman–Crippen LogP) is 2.43. The summed E-state index contributed by atoms with van der Waals surface area (Å²) >= 11 is 0. The smallest absolute Gasteiger partial charge is 0.193 e. The largest absolute Gasteiger partial charge is 0.497 e. The van der Waals surface area contributed by atoms with Crippen LogP contribution in [-0.2, 0) is 0 Å². The third-order valence-corrected chi connectivity index (χ3v) is 2.39. The van der Waals surface area contributed by atoms with Gasteiger partial charge in [0.15, 0.2) is 5.96 Å². The van der Waals surface area contributed by atoms with Gasteiger partial charge in [0.1, 0.15) is 5.75 Å². The molecular weight excluding hydrogens is 367 g/mol. The molecule has 0 bridgehead atoms. The van der Waals surface area contributed by atoms with Crippen LogP contribution in [0.1, 0.15) is 20.8 Å². The van der Waals surface area contributed by atoms with Gasteiger partial charge in [0.25, 0.3) is 0 Å². The van der Waals surface area contributed by atoms with Crippen LogP contribution in [0.3, 0.4) is 0 Å². The average molecular weight is 392 g/mol. The highest BCUT2D eigenvalue weighted by Crippen LogP contribution is 2.16. The summed E-state index contributed by atoms with van der Waals surface area (Å²) in [6.45, 7) is 7.79. The molecule has 0 spiro atoms. The number of benzene rings is 1. The van der Waals surface area contributed by atoms with E-state index in [2.05, 4.69) is 36.4 Å². The molecule has 0 saturated heterocycles. The van der Waals surface area contributed by atoms with E-state index in [9.17, 15) is 0 Å². The minimum atomic E-state index is 0. The number of hydrogen-bond acceptors (Lipinski definition) is 3. The van der Waals surface area contributed by atoms with E-state index in [0.29, 0.717) is 12.5 Å². The van der Waals surface area contributed by atoms with Crippen LogP contribution in [0.5, 0.6) is 5.75 Å². The Morgan fingerprint density at radius 3 is 2.65 bits per heavy atom. The summed E-state index contributed by atoms with van der Waals surface area (Å²) in [5.41, 5.74) is 6.78. The van der Waals surface area contributed by atoms with E-state index in [0.717, 1.165) is 18.0 Å². The van der Waals surface area contributed by atoms with Gasteiger partial charge < -0.3 is 21.1 Å². The second kappa shape index (κ2) is 9.02. The molecular formula is C14H25IN4O. The van der Waals surface area contributed by atoms with Gasteiger partial charge in [-0.1, -0.05) is 6.07 Å². The summed E-state index contributed by atoms with van der Waals surface area (Å²) in [6.07, 6.45) is 0. The molecule has 0 unspecified atom stereocenters. The lowest BCUT2D eigenvalue weighted by Gasteiger charge is -2.19. The Morgan fingerprint density at radius 2 is 2.05 bits per heavy atom. The van der Waals surface area contributed by atoms with Gasteiger partial charge in [-0.15, -0.1) is 24.0 Å². The van der Waals surface area contributed by atoms with E-state index < -0.39 is 0 Å². The van der Waals surface area contributed by atoms with Crippen LogP contribution < -0.4 is 21.1 Å². The molecule has 0 aromatic heterocycles. The maximum atomic E-state index is 5.82. The Kier molecular flexibility index (Phi) is 8.56. The van der Waals surface area contributed by atoms with Crippen molar-refractivity contribution < 1.29 is 4.74 Å². The topological polar surface area (TPSA) is 71.7 Å². The minimum absolute atomic E-state index is 0. The monoisotopic (exact) mass is 392 g/mol. The molecule has 0 radical (unpaired) electrons. The fraction of sp³-hybridized carbons (Fsp3) is 0.500. The zero-order valence-electron chi connectivity index (χ0n) is 12.6. The van der Waals surface area contributed by atoms with E-state index >= 15 is 0 Å². The molecule has 6 heteroatoms. The van der Waals surface area contributed by atoms with Gasteiger partial charge in [-0.05, 0) is 32.9 Å². The number of ether oxygens (including phenoxy) is 1. The molecule has 20 heavy (non-hydrogen) atoms. The molecule has 0 aliphatic heterocycles. The van der Waals surface area contributed by atoms with Crippen LogP contribution in [0.15, 0.2) is 29.3 Å². The van der Waals surface area contributed by atoms with E-state index in [4.69, 9.17) is 10.5 Å². The molecule has 1 aromatic rings. The summed E-state index contributed by atoms with van der Waals surface area (Å²) in [5, 5.41) is 6.38. The Hall–Kier alpha value is -1.02. The number of nitrogens with two attached hydrogens (primary N) is 1. The molecule has 1 rings (SSSR count). The summed E-state index contributed by atoms with van der Waals surface area (Å²) < 4.78 is 5.14. The fourth-order valence-electron chi connectivity index (χ4n) is 1.50. The highest BCUT2D eigenvalue weighted by Gasteiger charge is 2.06. The lowest BCUT2D eigenvalue weighted by atomic mass is 10.1. The number of hydrogen-bond donors (Lipinski definition) is 3. The van der Waals surface area contributed by atoms with Crippen LogP contribution in [-0.4, -0.2) is 31.7 Å². The first-order valence-corrected chi connectivity index (χ1v) is 6.37. The summed E-state index contributed by atoms with van der Waals surface area (Å²) in [4.78, 5) is 4.26. The SMILES string of the molecule is COc1cccc(NC(N)=NCCNC(C)(C)C)c1.I. The Balaban J connectivity index is 0.00000361. The van der Waals surface area contributed by atoms with Crippen molar-refractivity contribution in [2.45, 2.75) is 26.3 Å². The van der Waals surface area contributed by atoms with Crippen molar-refractivity contribution in [1.82, 2.24) is 5.32 Å². The van der Waals surface area contributed by atoms with Gasteiger partial charge in [-0.3, -0.25) is 4.99 Å². The summed E-state index contributed by atoms with van der Waals surface area (Å²) in [6, 6.07) is 7.56. The van der Waals surface area contributed by atoms with Crippen molar-refractivity contribution in [2.24, 2.45) is 10.7 Å². The van der Waals surface area contributed by atoms with Crippen LogP contribution in [0.25, 0.3) is 0 Å². The molecule has 0 fully saturated rings.